The third kappa shape index (κ3) is 2.93. The van der Waals surface area contributed by atoms with Gasteiger partial charge in [0.05, 0.1) is 19.9 Å². The van der Waals surface area contributed by atoms with E-state index in [1.807, 2.05) is 37.5 Å². The third-order valence-electron chi connectivity index (χ3n) is 3.26. The summed E-state index contributed by atoms with van der Waals surface area (Å²) >= 11 is 0. The van der Waals surface area contributed by atoms with Crippen LogP contribution in [0.5, 0.6) is 11.5 Å². The summed E-state index contributed by atoms with van der Waals surface area (Å²) in [5.41, 5.74) is 0.578. The van der Waals surface area contributed by atoms with Crippen LogP contribution in [0.2, 0.25) is 0 Å². The highest BCUT2D eigenvalue weighted by Crippen LogP contribution is 2.31. The molecule has 1 unspecified atom stereocenters. The first-order valence-electron chi connectivity index (χ1n) is 6.39. The molecular weight excluding hydrogens is 256 g/mol. The zero-order valence-electron chi connectivity index (χ0n) is 12.3. The van der Waals surface area contributed by atoms with Crippen LogP contribution in [-0.2, 0) is 19.1 Å². The van der Waals surface area contributed by atoms with Crippen molar-refractivity contribution in [1.82, 2.24) is 9.78 Å². The molecule has 1 aromatic heterocycles. The molecule has 1 N–H and O–H groups in total. The normalized spacial score (nSPS) is 13.8. The highest BCUT2D eigenvalue weighted by molar-refractivity contribution is 5.43. The SMILES string of the molecule is COc1ccc(CC(C)(O)c2ccn(C)n2)cc1OC. The van der Waals surface area contributed by atoms with Gasteiger partial charge >= 0.3 is 0 Å². The predicted molar refractivity (Wildman–Crippen MR) is 76.0 cm³/mol. The largest absolute Gasteiger partial charge is 0.493 e. The van der Waals surface area contributed by atoms with E-state index in [-0.39, 0.29) is 0 Å². The Balaban J connectivity index is 2.25. The Kier molecular flexibility index (Phi) is 3.99. The Morgan fingerprint density at radius 2 is 1.90 bits per heavy atom. The first kappa shape index (κ1) is 14.4. The maximum Gasteiger partial charge on any atom is 0.160 e. The Morgan fingerprint density at radius 1 is 1.20 bits per heavy atom. The van der Waals surface area contributed by atoms with Crippen LogP contribution >= 0.6 is 0 Å². The van der Waals surface area contributed by atoms with E-state index >= 15 is 0 Å². The van der Waals surface area contributed by atoms with E-state index in [9.17, 15) is 5.11 Å². The molecule has 0 amide bonds. The van der Waals surface area contributed by atoms with Gasteiger partial charge in [0.2, 0.25) is 0 Å². The lowest BCUT2D eigenvalue weighted by molar-refractivity contribution is 0.0524. The van der Waals surface area contributed by atoms with E-state index < -0.39 is 5.60 Å². The standard InChI is InChI=1S/C15H20N2O3/c1-15(18,14-7-8-17(2)16-14)10-11-5-6-12(19-3)13(9-11)20-4/h5-9,18H,10H2,1-4H3. The number of rotatable bonds is 5. The minimum atomic E-state index is -1.03. The number of nitrogens with zero attached hydrogens (tertiary/aromatic N) is 2. The molecule has 0 bridgehead atoms. The minimum absolute atomic E-state index is 0.449. The van der Waals surface area contributed by atoms with Crippen LogP contribution in [0.15, 0.2) is 30.5 Å². The molecule has 0 spiro atoms. The molecule has 1 atom stereocenters. The van der Waals surface area contributed by atoms with Crippen molar-refractivity contribution >= 4 is 0 Å². The fraction of sp³-hybridized carbons (Fsp3) is 0.400. The van der Waals surface area contributed by atoms with Crippen molar-refractivity contribution in [2.75, 3.05) is 14.2 Å². The summed E-state index contributed by atoms with van der Waals surface area (Å²) in [5.74, 6) is 1.33. The molecule has 0 fully saturated rings. The molecule has 5 nitrogen and oxygen atoms in total. The Labute approximate surface area is 118 Å². The van der Waals surface area contributed by atoms with Crippen LogP contribution in [-0.4, -0.2) is 29.1 Å². The Hall–Kier alpha value is -2.01. The van der Waals surface area contributed by atoms with Crippen molar-refractivity contribution in [2.24, 2.45) is 7.05 Å². The van der Waals surface area contributed by atoms with Gasteiger partial charge in [-0.2, -0.15) is 5.10 Å². The molecule has 0 aliphatic rings. The third-order valence-corrected chi connectivity index (χ3v) is 3.26. The van der Waals surface area contributed by atoms with E-state index in [1.54, 1.807) is 25.8 Å². The van der Waals surface area contributed by atoms with Crippen molar-refractivity contribution in [3.63, 3.8) is 0 Å². The lowest BCUT2D eigenvalue weighted by Crippen LogP contribution is -2.25. The number of hydrogen-bond acceptors (Lipinski definition) is 4. The van der Waals surface area contributed by atoms with Gasteiger partial charge in [-0.25, -0.2) is 0 Å². The summed E-state index contributed by atoms with van der Waals surface area (Å²) in [6.07, 6.45) is 2.27. The number of aryl methyl sites for hydroxylation is 1. The van der Waals surface area contributed by atoms with E-state index in [2.05, 4.69) is 5.10 Å². The molecule has 108 valence electrons. The fourth-order valence-electron chi connectivity index (χ4n) is 2.18. The molecule has 0 radical (unpaired) electrons. The van der Waals surface area contributed by atoms with Crippen molar-refractivity contribution in [3.05, 3.63) is 41.7 Å². The van der Waals surface area contributed by atoms with Crippen molar-refractivity contribution in [3.8, 4) is 11.5 Å². The molecule has 2 aromatic rings. The second kappa shape index (κ2) is 5.54. The Morgan fingerprint density at radius 3 is 2.45 bits per heavy atom. The Bertz CT molecular complexity index is 591. The number of ether oxygens (including phenoxy) is 2. The highest BCUT2D eigenvalue weighted by atomic mass is 16.5. The molecule has 0 saturated heterocycles. The summed E-state index contributed by atoms with van der Waals surface area (Å²) in [7, 11) is 5.02. The summed E-state index contributed by atoms with van der Waals surface area (Å²) in [6, 6.07) is 7.44. The summed E-state index contributed by atoms with van der Waals surface area (Å²) < 4.78 is 12.2. The van der Waals surface area contributed by atoms with Crippen LogP contribution in [0.25, 0.3) is 0 Å². The van der Waals surface area contributed by atoms with Crippen LogP contribution < -0.4 is 9.47 Å². The second-order valence-electron chi connectivity index (χ2n) is 5.01. The topological polar surface area (TPSA) is 56.5 Å². The molecule has 1 heterocycles. The van der Waals surface area contributed by atoms with Crippen molar-refractivity contribution in [1.29, 1.82) is 0 Å². The second-order valence-corrected chi connectivity index (χ2v) is 5.01. The molecule has 20 heavy (non-hydrogen) atoms. The number of aliphatic hydroxyl groups is 1. The average Bonchev–Trinajstić information content (AvgIpc) is 2.85. The van der Waals surface area contributed by atoms with Gasteiger partial charge in [0.1, 0.15) is 5.60 Å². The molecule has 2 rings (SSSR count). The minimum Gasteiger partial charge on any atom is -0.493 e. The fourth-order valence-corrected chi connectivity index (χ4v) is 2.18. The van der Waals surface area contributed by atoms with Crippen LogP contribution in [0.1, 0.15) is 18.2 Å². The summed E-state index contributed by atoms with van der Waals surface area (Å²) in [4.78, 5) is 0. The van der Waals surface area contributed by atoms with Gasteiger partial charge in [-0.05, 0) is 30.7 Å². The van der Waals surface area contributed by atoms with Crippen LogP contribution in [0.4, 0.5) is 0 Å². The number of methoxy groups -OCH3 is 2. The average molecular weight is 276 g/mol. The quantitative estimate of drug-likeness (QED) is 0.906. The van der Waals surface area contributed by atoms with Crippen LogP contribution in [0.3, 0.4) is 0 Å². The number of benzene rings is 1. The van der Waals surface area contributed by atoms with Gasteiger partial charge < -0.3 is 14.6 Å². The smallest absolute Gasteiger partial charge is 0.160 e. The number of hydrogen-bond donors (Lipinski definition) is 1. The molecule has 0 aliphatic heterocycles. The first-order valence-corrected chi connectivity index (χ1v) is 6.39. The monoisotopic (exact) mass is 276 g/mol. The van der Waals surface area contributed by atoms with Gasteiger partial charge in [0.25, 0.3) is 0 Å². The number of aromatic nitrogens is 2. The van der Waals surface area contributed by atoms with E-state index in [4.69, 9.17) is 9.47 Å². The van der Waals surface area contributed by atoms with Crippen LogP contribution in [0, 0.1) is 0 Å². The van der Waals surface area contributed by atoms with Gasteiger partial charge in [-0.15, -0.1) is 0 Å². The maximum atomic E-state index is 10.6. The summed E-state index contributed by atoms with van der Waals surface area (Å²) in [6.45, 7) is 1.76. The zero-order valence-corrected chi connectivity index (χ0v) is 12.3. The molecule has 0 saturated carbocycles. The summed E-state index contributed by atoms with van der Waals surface area (Å²) in [5, 5.41) is 14.9. The van der Waals surface area contributed by atoms with E-state index in [0.717, 1.165) is 5.56 Å². The molecule has 1 aromatic carbocycles. The van der Waals surface area contributed by atoms with Crippen molar-refractivity contribution < 1.29 is 14.6 Å². The van der Waals surface area contributed by atoms with Gasteiger partial charge in [-0.3, -0.25) is 4.68 Å². The van der Waals surface area contributed by atoms with Gasteiger partial charge in [0, 0.05) is 19.7 Å². The predicted octanol–water partition coefficient (Wildman–Crippen LogP) is 1.89. The molecule has 0 aliphatic carbocycles. The van der Waals surface area contributed by atoms with Gasteiger partial charge in [0.15, 0.2) is 11.5 Å². The highest BCUT2D eigenvalue weighted by Gasteiger charge is 2.26. The van der Waals surface area contributed by atoms with E-state index in [1.165, 1.54) is 0 Å². The lowest BCUT2D eigenvalue weighted by atomic mass is 9.93. The van der Waals surface area contributed by atoms with Crippen molar-refractivity contribution in [2.45, 2.75) is 18.9 Å². The molecule has 5 heteroatoms. The lowest BCUT2D eigenvalue weighted by Gasteiger charge is -2.21. The maximum absolute atomic E-state index is 10.6. The van der Waals surface area contributed by atoms with Gasteiger partial charge in [-0.1, -0.05) is 6.07 Å². The van der Waals surface area contributed by atoms with E-state index in [0.29, 0.717) is 23.6 Å². The molecular formula is C15H20N2O3. The zero-order chi connectivity index (χ0) is 14.8. The first-order chi connectivity index (χ1) is 9.46.